The third-order valence-corrected chi connectivity index (χ3v) is 6.35. The first-order valence-electron chi connectivity index (χ1n) is 8.87. The van der Waals surface area contributed by atoms with Gasteiger partial charge in [-0.05, 0) is 31.8 Å². The van der Waals surface area contributed by atoms with Crippen molar-refractivity contribution in [2.45, 2.75) is 52.8 Å². The maximum Gasteiger partial charge on any atom is 0.314 e. The largest absolute Gasteiger partial charge is 0.375 e. The molecular formula is C17H26ClNO13. The number of hydrogen-bond donors (Lipinski definition) is 13. The molecule has 0 heterocycles. The van der Waals surface area contributed by atoms with Gasteiger partial charge in [0, 0.05) is 17.5 Å². The molecule has 14 nitrogen and oxygen atoms in total. The number of halogens is 1. The minimum Gasteiger partial charge on any atom is -0.375 e. The van der Waals surface area contributed by atoms with Crippen LogP contribution in [0.3, 0.4) is 0 Å². The maximum absolute atomic E-state index is 10.7. The molecule has 0 aromatic heterocycles. The van der Waals surface area contributed by atoms with Gasteiger partial charge >= 0.3 is 11.9 Å². The molecule has 1 aliphatic rings. The summed E-state index contributed by atoms with van der Waals surface area (Å²) in [5.41, 5.74) is -7.75. The fraction of sp³-hybridized carbons (Fsp3) is 0.647. The van der Waals surface area contributed by atoms with Crippen LogP contribution in [0.5, 0.6) is 0 Å². The number of hydrogen-bond acceptors (Lipinski definition) is 14. The van der Waals surface area contributed by atoms with Gasteiger partial charge in [0.1, 0.15) is 5.41 Å². The molecule has 1 aliphatic carbocycles. The Balaban J connectivity index is 2.90. The zero-order valence-electron chi connectivity index (χ0n) is 16.7. The summed E-state index contributed by atoms with van der Waals surface area (Å²) in [4.78, 5) is 0.842. The fourth-order valence-electron chi connectivity index (χ4n) is 4.25. The number of aliphatic hydroxyl groups is 13. The van der Waals surface area contributed by atoms with E-state index in [9.17, 15) is 66.4 Å². The van der Waals surface area contributed by atoms with Crippen molar-refractivity contribution in [1.82, 2.24) is 4.90 Å². The molecule has 0 saturated heterocycles. The summed E-state index contributed by atoms with van der Waals surface area (Å²) in [6, 6.07) is 2.08. The van der Waals surface area contributed by atoms with Crippen LogP contribution in [0.25, 0.3) is 0 Å². The number of nitrogens with zero attached hydrogens (tertiary/aromatic N) is 1. The molecule has 1 aromatic rings. The second-order valence-corrected chi connectivity index (χ2v) is 8.58. The summed E-state index contributed by atoms with van der Waals surface area (Å²) >= 11 is 5.79. The first-order valence-corrected chi connectivity index (χ1v) is 9.25. The van der Waals surface area contributed by atoms with Crippen LogP contribution in [0.15, 0.2) is 24.3 Å². The molecule has 32 heavy (non-hydrogen) atoms. The first kappa shape index (κ1) is 27.2. The summed E-state index contributed by atoms with van der Waals surface area (Å²) < 4.78 is 0. The highest BCUT2D eigenvalue weighted by Gasteiger charge is 2.92. The zero-order chi connectivity index (χ0) is 25.3. The lowest BCUT2D eigenvalue weighted by atomic mass is 9.46. The molecule has 0 aliphatic heterocycles. The molecule has 184 valence electrons. The Bertz CT molecular complexity index is 809. The second kappa shape index (κ2) is 7.47. The molecule has 0 spiro atoms. The molecule has 0 bridgehead atoms. The molecule has 1 saturated carbocycles. The van der Waals surface area contributed by atoms with Crippen LogP contribution in [0.1, 0.15) is 12.0 Å². The van der Waals surface area contributed by atoms with Crippen LogP contribution in [-0.2, 0) is 5.41 Å². The van der Waals surface area contributed by atoms with Gasteiger partial charge in [0.2, 0.25) is 17.2 Å². The third-order valence-electron chi connectivity index (χ3n) is 6.09. The molecule has 15 heteroatoms. The lowest BCUT2D eigenvalue weighted by Gasteiger charge is -2.70. The Morgan fingerprint density at radius 1 is 0.750 bits per heavy atom. The van der Waals surface area contributed by atoms with Gasteiger partial charge in [-0.3, -0.25) is 0 Å². The van der Waals surface area contributed by atoms with Gasteiger partial charge in [0.05, 0.1) is 0 Å². The van der Waals surface area contributed by atoms with Crippen molar-refractivity contribution >= 4 is 11.6 Å². The van der Waals surface area contributed by atoms with E-state index in [1.807, 2.05) is 0 Å². The standard InChI is InChI=1S/C17H26ClNO13/c1-19(2)10(7-11(20,16(27,28)29)17(30,31)32)12(8-3-5-9(18)6-4-8)13(21,22)15(25,26)14(12,23)24/h3-6,10,20-32H,7H2,1-2H3. The highest BCUT2D eigenvalue weighted by molar-refractivity contribution is 6.30. The molecule has 1 atom stereocenters. The van der Waals surface area contributed by atoms with E-state index < -0.39 is 58.3 Å². The summed E-state index contributed by atoms with van der Waals surface area (Å²) in [5, 5.41) is 130. The Kier molecular flexibility index (Phi) is 6.35. The normalized spacial score (nSPS) is 23.0. The molecule has 1 aromatic carbocycles. The molecule has 1 unspecified atom stereocenters. The van der Waals surface area contributed by atoms with Gasteiger partial charge in [-0.25, -0.2) is 0 Å². The predicted molar refractivity (Wildman–Crippen MR) is 100 cm³/mol. The van der Waals surface area contributed by atoms with E-state index in [-0.39, 0.29) is 5.02 Å². The summed E-state index contributed by atoms with van der Waals surface area (Å²) in [6.45, 7) is 0. The predicted octanol–water partition coefficient (Wildman–Crippen LogP) is -6.05. The van der Waals surface area contributed by atoms with Crippen LogP contribution < -0.4 is 0 Å². The Labute approximate surface area is 185 Å². The van der Waals surface area contributed by atoms with E-state index in [1.54, 1.807) is 0 Å². The Morgan fingerprint density at radius 2 is 1.12 bits per heavy atom. The van der Waals surface area contributed by atoms with Gasteiger partial charge in [-0.15, -0.1) is 0 Å². The number of benzene rings is 1. The first-order chi connectivity index (χ1) is 14.0. The fourth-order valence-corrected chi connectivity index (χ4v) is 4.37. The summed E-state index contributed by atoms with van der Waals surface area (Å²) in [6.07, 6.45) is -1.67. The SMILES string of the molecule is CN(C)C(CC(O)(C(O)(O)O)C(O)(O)O)C1(c2ccc(Cl)cc2)C(O)(O)C(O)(O)C1(O)O. The Morgan fingerprint density at radius 3 is 1.44 bits per heavy atom. The van der Waals surface area contributed by atoms with Crippen LogP contribution >= 0.6 is 11.6 Å². The van der Waals surface area contributed by atoms with Crippen LogP contribution in [0.2, 0.25) is 5.02 Å². The topological polar surface area (TPSA) is 266 Å². The van der Waals surface area contributed by atoms with Gasteiger partial charge in [-0.1, -0.05) is 23.7 Å². The van der Waals surface area contributed by atoms with Crippen molar-refractivity contribution in [1.29, 1.82) is 0 Å². The van der Waals surface area contributed by atoms with Gasteiger partial charge in [-0.2, -0.15) is 0 Å². The van der Waals surface area contributed by atoms with Crippen LogP contribution in [-0.4, -0.2) is 126 Å². The van der Waals surface area contributed by atoms with E-state index in [0.29, 0.717) is 0 Å². The average molecular weight is 488 g/mol. The van der Waals surface area contributed by atoms with E-state index in [2.05, 4.69) is 0 Å². The lowest BCUT2D eigenvalue weighted by Crippen LogP contribution is -2.97. The molecule has 13 N–H and O–H groups in total. The highest BCUT2D eigenvalue weighted by Crippen LogP contribution is 2.64. The van der Waals surface area contributed by atoms with Crippen LogP contribution in [0.4, 0.5) is 0 Å². The number of rotatable bonds is 7. The molecule has 0 radical (unpaired) electrons. The lowest BCUT2D eigenvalue weighted by molar-refractivity contribution is -0.576. The summed E-state index contributed by atoms with van der Waals surface area (Å²) in [5.74, 6) is -20.8. The van der Waals surface area contributed by atoms with Gasteiger partial charge in [0.25, 0.3) is 5.79 Å². The minimum absolute atomic E-state index is 0.0727. The minimum atomic E-state index is -4.47. The van der Waals surface area contributed by atoms with Crippen molar-refractivity contribution in [2.75, 3.05) is 14.1 Å². The van der Waals surface area contributed by atoms with E-state index in [0.717, 1.165) is 43.3 Å². The second-order valence-electron chi connectivity index (χ2n) is 8.15. The molecule has 1 fully saturated rings. The zero-order valence-corrected chi connectivity index (χ0v) is 17.5. The number of likely N-dealkylation sites (N-methyl/N-ethyl adjacent to an activating group) is 1. The molecular weight excluding hydrogens is 462 g/mol. The summed E-state index contributed by atoms with van der Waals surface area (Å²) in [7, 11) is 2.18. The van der Waals surface area contributed by atoms with Crippen LogP contribution in [0, 0.1) is 0 Å². The van der Waals surface area contributed by atoms with Crippen molar-refractivity contribution in [3.63, 3.8) is 0 Å². The van der Waals surface area contributed by atoms with E-state index in [1.165, 1.54) is 0 Å². The van der Waals surface area contributed by atoms with Crippen molar-refractivity contribution in [2.24, 2.45) is 0 Å². The van der Waals surface area contributed by atoms with E-state index in [4.69, 9.17) is 11.6 Å². The highest BCUT2D eigenvalue weighted by atomic mass is 35.5. The van der Waals surface area contributed by atoms with Crippen molar-refractivity contribution < 1.29 is 66.4 Å². The smallest absolute Gasteiger partial charge is 0.314 e. The van der Waals surface area contributed by atoms with Gasteiger partial charge < -0.3 is 71.3 Å². The third kappa shape index (κ3) is 3.21. The molecule has 2 rings (SSSR count). The maximum atomic E-state index is 10.7. The van der Waals surface area contributed by atoms with E-state index >= 15 is 0 Å². The quantitative estimate of drug-likeness (QED) is 0.159. The Hall–Kier alpha value is -1.05. The monoisotopic (exact) mass is 487 g/mol. The average Bonchev–Trinajstić information content (AvgIpc) is 2.59. The van der Waals surface area contributed by atoms with Crippen molar-refractivity contribution in [3.8, 4) is 0 Å². The van der Waals surface area contributed by atoms with Gasteiger partial charge in [0.15, 0.2) is 0 Å². The van der Waals surface area contributed by atoms with Crippen molar-refractivity contribution in [3.05, 3.63) is 34.9 Å². The molecule has 0 amide bonds.